The summed E-state index contributed by atoms with van der Waals surface area (Å²) in [6.45, 7) is 5.34. The summed E-state index contributed by atoms with van der Waals surface area (Å²) >= 11 is 1.27. The summed E-state index contributed by atoms with van der Waals surface area (Å²) in [5.74, 6) is -1.75. The first-order valence-corrected chi connectivity index (χ1v) is 13.1. The number of rotatable bonds is 7. The van der Waals surface area contributed by atoms with Crippen LogP contribution in [0.25, 0.3) is 10.2 Å². The Kier molecular flexibility index (Phi) is 6.91. The number of hydrogen-bond donors (Lipinski definition) is 1. The molecule has 1 aromatic heterocycles. The predicted molar refractivity (Wildman–Crippen MR) is 125 cm³/mol. The van der Waals surface area contributed by atoms with E-state index in [0.29, 0.717) is 36.0 Å². The van der Waals surface area contributed by atoms with Crippen LogP contribution in [0.3, 0.4) is 0 Å². The van der Waals surface area contributed by atoms with Crippen molar-refractivity contribution < 1.29 is 22.0 Å². The molecule has 0 radical (unpaired) electrons. The van der Waals surface area contributed by atoms with E-state index in [9.17, 15) is 22.0 Å². The third-order valence-corrected chi connectivity index (χ3v) is 8.45. The molecule has 176 valence electrons. The van der Waals surface area contributed by atoms with E-state index in [4.69, 9.17) is 0 Å². The largest absolute Gasteiger partial charge is 0.351 e. The van der Waals surface area contributed by atoms with Crippen molar-refractivity contribution in [3.8, 4) is 0 Å². The number of nitrogens with zero attached hydrogens (tertiary/aromatic N) is 3. The Hall–Kier alpha value is -2.63. The first kappa shape index (κ1) is 23.5. The van der Waals surface area contributed by atoms with Crippen molar-refractivity contribution in [1.29, 1.82) is 0 Å². The van der Waals surface area contributed by atoms with Crippen molar-refractivity contribution in [3.63, 3.8) is 0 Å². The highest BCUT2D eigenvalue weighted by atomic mass is 32.2. The van der Waals surface area contributed by atoms with Crippen LogP contribution < -0.4 is 10.2 Å². The van der Waals surface area contributed by atoms with Gasteiger partial charge in [0.05, 0.1) is 20.9 Å². The van der Waals surface area contributed by atoms with Crippen LogP contribution in [0.15, 0.2) is 41.3 Å². The molecule has 1 amide bonds. The van der Waals surface area contributed by atoms with Gasteiger partial charge in [-0.25, -0.2) is 22.2 Å². The maximum atomic E-state index is 13.9. The zero-order valence-electron chi connectivity index (χ0n) is 18.1. The number of amides is 1. The Labute approximate surface area is 194 Å². The highest BCUT2D eigenvalue weighted by Gasteiger charge is 2.22. The molecule has 1 aliphatic heterocycles. The molecular formula is C22H24F2N4O3S2. The van der Waals surface area contributed by atoms with Crippen LogP contribution in [0.4, 0.5) is 13.9 Å². The Morgan fingerprint density at radius 1 is 1.15 bits per heavy atom. The van der Waals surface area contributed by atoms with E-state index < -0.39 is 27.4 Å². The second-order valence-corrected chi connectivity index (χ2v) is 11.0. The first-order chi connectivity index (χ1) is 15.8. The molecule has 7 nitrogen and oxygen atoms in total. The normalized spacial score (nSPS) is 15.2. The average molecular weight is 495 g/mol. The minimum absolute atomic E-state index is 0.0470. The fourth-order valence-corrected chi connectivity index (χ4v) is 5.90. The lowest BCUT2D eigenvalue weighted by molar-refractivity contribution is 0.0944. The standard InChI is InChI=1S/C22H24F2N4O3S2/c1-2-33(30,31)19-6-4-3-5-16(19)21(29)25-7-8-27-9-11-28(12-10-27)22-26-20-17(24)13-15(23)14-18(20)32-22/h3-6,13-14H,2,7-12H2,1H3,(H,25,29). The molecule has 0 bridgehead atoms. The number of halogens is 2. The highest BCUT2D eigenvalue weighted by molar-refractivity contribution is 7.91. The summed E-state index contributed by atoms with van der Waals surface area (Å²) in [7, 11) is -3.49. The number of piperazine rings is 1. The number of hydrogen-bond acceptors (Lipinski definition) is 7. The molecule has 1 aliphatic rings. The number of nitrogens with one attached hydrogen (secondary N) is 1. The fraction of sp³-hybridized carbons (Fsp3) is 0.364. The van der Waals surface area contributed by atoms with Crippen molar-refractivity contribution in [2.45, 2.75) is 11.8 Å². The monoisotopic (exact) mass is 494 g/mol. The fourth-order valence-electron chi connectivity index (χ4n) is 3.75. The van der Waals surface area contributed by atoms with Gasteiger partial charge < -0.3 is 10.2 Å². The maximum Gasteiger partial charge on any atom is 0.252 e. The molecule has 3 aromatic rings. The van der Waals surface area contributed by atoms with Crippen LogP contribution in [0, 0.1) is 11.6 Å². The average Bonchev–Trinajstić information content (AvgIpc) is 3.24. The van der Waals surface area contributed by atoms with Gasteiger partial charge in [-0.2, -0.15) is 0 Å². The quantitative estimate of drug-likeness (QED) is 0.544. The summed E-state index contributed by atoms with van der Waals surface area (Å²) in [5.41, 5.74) is 0.343. The molecular weight excluding hydrogens is 470 g/mol. The van der Waals surface area contributed by atoms with E-state index >= 15 is 0 Å². The zero-order valence-corrected chi connectivity index (χ0v) is 19.7. The lowest BCUT2D eigenvalue weighted by Gasteiger charge is -2.34. The molecule has 4 rings (SSSR count). The van der Waals surface area contributed by atoms with Crippen LogP contribution in [0.5, 0.6) is 0 Å². The number of carbonyl (C=O) groups excluding carboxylic acids is 1. The predicted octanol–water partition coefficient (Wildman–Crippen LogP) is 2.92. The molecule has 1 saturated heterocycles. The molecule has 11 heteroatoms. The van der Waals surface area contributed by atoms with Gasteiger partial charge in [-0.3, -0.25) is 9.69 Å². The number of carbonyl (C=O) groups is 1. The van der Waals surface area contributed by atoms with Gasteiger partial charge in [-0.15, -0.1) is 0 Å². The van der Waals surface area contributed by atoms with Crippen molar-refractivity contribution in [1.82, 2.24) is 15.2 Å². The summed E-state index contributed by atoms with van der Waals surface area (Å²) in [6.07, 6.45) is 0. The number of sulfone groups is 1. The van der Waals surface area contributed by atoms with Gasteiger partial charge in [-0.1, -0.05) is 30.4 Å². The Bertz CT molecular complexity index is 1270. The van der Waals surface area contributed by atoms with Crippen molar-refractivity contribution in [2.24, 2.45) is 0 Å². The molecule has 1 N–H and O–H groups in total. The van der Waals surface area contributed by atoms with Gasteiger partial charge in [0.15, 0.2) is 20.8 Å². The Morgan fingerprint density at radius 3 is 2.61 bits per heavy atom. The molecule has 33 heavy (non-hydrogen) atoms. The van der Waals surface area contributed by atoms with E-state index in [2.05, 4.69) is 15.2 Å². The van der Waals surface area contributed by atoms with Gasteiger partial charge >= 0.3 is 0 Å². The van der Waals surface area contributed by atoms with Gasteiger partial charge in [0.25, 0.3) is 5.91 Å². The van der Waals surface area contributed by atoms with Crippen LogP contribution in [0.1, 0.15) is 17.3 Å². The summed E-state index contributed by atoms with van der Waals surface area (Å²) < 4.78 is 52.4. The molecule has 2 aromatic carbocycles. The summed E-state index contributed by atoms with van der Waals surface area (Å²) in [4.78, 5) is 21.2. The van der Waals surface area contributed by atoms with Crippen LogP contribution in [-0.4, -0.2) is 69.2 Å². The van der Waals surface area contributed by atoms with Gasteiger partial charge in [0.1, 0.15) is 11.3 Å². The summed E-state index contributed by atoms with van der Waals surface area (Å²) in [5, 5.41) is 3.47. The highest BCUT2D eigenvalue weighted by Crippen LogP contribution is 2.31. The van der Waals surface area contributed by atoms with E-state index in [1.807, 2.05) is 4.90 Å². The lowest BCUT2D eigenvalue weighted by atomic mass is 10.2. The van der Waals surface area contributed by atoms with Gasteiger partial charge in [0.2, 0.25) is 0 Å². The van der Waals surface area contributed by atoms with E-state index in [0.717, 1.165) is 19.2 Å². The minimum atomic E-state index is -3.49. The molecule has 0 aliphatic carbocycles. The Morgan fingerprint density at radius 2 is 1.88 bits per heavy atom. The topological polar surface area (TPSA) is 82.6 Å². The molecule has 0 spiro atoms. The maximum absolute atomic E-state index is 13.9. The second kappa shape index (κ2) is 9.70. The van der Waals surface area contributed by atoms with Crippen molar-refractivity contribution in [3.05, 3.63) is 53.6 Å². The van der Waals surface area contributed by atoms with E-state index in [1.54, 1.807) is 19.1 Å². The van der Waals surface area contributed by atoms with Crippen molar-refractivity contribution in [2.75, 3.05) is 49.9 Å². The third-order valence-electron chi connectivity index (χ3n) is 5.61. The minimum Gasteiger partial charge on any atom is -0.351 e. The van der Waals surface area contributed by atoms with E-state index in [1.165, 1.54) is 29.5 Å². The number of fused-ring (bicyclic) bond motifs is 1. The van der Waals surface area contributed by atoms with E-state index in [-0.39, 0.29) is 21.7 Å². The smallest absolute Gasteiger partial charge is 0.252 e. The molecule has 0 atom stereocenters. The Balaban J connectivity index is 1.30. The van der Waals surface area contributed by atoms with Gasteiger partial charge in [-0.05, 0) is 18.2 Å². The summed E-state index contributed by atoms with van der Waals surface area (Å²) in [6, 6.07) is 8.36. The molecule has 0 unspecified atom stereocenters. The van der Waals surface area contributed by atoms with Crippen LogP contribution in [0.2, 0.25) is 0 Å². The second-order valence-electron chi connectivity index (χ2n) is 7.71. The first-order valence-electron chi connectivity index (χ1n) is 10.6. The molecule has 1 fully saturated rings. The van der Waals surface area contributed by atoms with Gasteiger partial charge in [0, 0.05) is 45.3 Å². The molecule has 0 saturated carbocycles. The number of benzene rings is 2. The number of anilines is 1. The zero-order chi connectivity index (χ0) is 23.6. The SMILES string of the molecule is CCS(=O)(=O)c1ccccc1C(=O)NCCN1CCN(c2nc3c(F)cc(F)cc3s2)CC1. The third kappa shape index (κ3) is 5.15. The molecule has 2 heterocycles. The lowest BCUT2D eigenvalue weighted by Crippen LogP contribution is -2.48. The van der Waals surface area contributed by atoms with Crippen molar-refractivity contribution >= 4 is 42.4 Å². The number of aromatic nitrogens is 1. The number of thiazole rings is 1. The van der Waals surface area contributed by atoms with Crippen LogP contribution >= 0.6 is 11.3 Å². The van der Waals surface area contributed by atoms with Crippen LogP contribution in [-0.2, 0) is 9.84 Å².